The van der Waals surface area contributed by atoms with E-state index in [0.29, 0.717) is 13.0 Å². The van der Waals surface area contributed by atoms with E-state index < -0.39 is 0 Å². The van der Waals surface area contributed by atoms with Crippen LogP contribution in [0.1, 0.15) is 31.2 Å². The number of rotatable bonds is 3. The first kappa shape index (κ1) is 12.3. The molecule has 19 heavy (non-hydrogen) atoms. The number of nitrogens with zero attached hydrogens (tertiary/aromatic N) is 2. The number of benzene rings is 1. The Balaban J connectivity index is 1.74. The highest BCUT2D eigenvalue weighted by Gasteiger charge is 2.23. The molecule has 0 aliphatic carbocycles. The van der Waals surface area contributed by atoms with Crippen LogP contribution >= 0.6 is 0 Å². The van der Waals surface area contributed by atoms with E-state index in [1.165, 1.54) is 24.1 Å². The van der Waals surface area contributed by atoms with Gasteiger partial charge in [0.1, 0.15) is 0 Å². The summed E-state index contributed by atoms with van der Waals surface area (Å²) in [6.07, 6.45) is 6.19. The minimum Gasteiger partial charge on any atom is -0.374 e. The van der Waals surface area contributed by atoms with Crippen LogP contribution in [0.15, 0.2) is 42.2 Å². The largest absolute Gasteiger partial charge is 0.374 e. The molecule has 0 spiro atoms. The zero-order valence-electron chi connectivity index (χ0n) is 11.2. The monoisotopic (exact) mass is 256 g/mol. The van der Waals surface area contributed by atoms with Gasteiger partial charge in [0.05, 0.1) is 6.54 Å². The van der Waals surface area contributed by atoms with Gasteiger partial charge >= 0.3 is 0 Å². The predicted molar refractivity (Wildman–Crippen MR) is 75.1 cm³/mol. The molecule has 0 radical (unpaired) electrons. The van der Waals surface area contributed by atoms with E-state index in [1.807, 2.05) is 23.1 Å². The average molecular weight is 256 g/mol. The highest BCUT2D eigenvalue weighted by Crippen LogP contribution is 2.24. The molecule has 2 aliphatic rings. The van der Waals surface area contributed by atoms with Crippen LogP contribution in [-0.4, -0.2) is 28.8 Å². The maximum Gasteiger partial charge on any atom is 0.227 e. The van der Waals surface area contributed by atoms with E-state index in [1.54, 1.807) is 0 Å². The number of allylic oxidation sites excluding steroid dienone is 1. The molecule has 3 rings (SSSR count). The van der Waals surface area contributed by atoms with E-state index in [9.17, 15) is 4.79 Å². The molecule has 0 bridgehead atoms. The predicted octanol–water partition coefficient (Wildman–Crippen LogP) is 2.75. The van der Waals surface area contributed by atoms with Crippen molar-refractivity contribution >= 4 is 5.91 Å². The molecule has 1 aromatic rings. The first-order valence-corrected chi connectivity index (χ1v) is 7.12. The Hall–Kier alpha value is -1.77. The third kappa shape index (κ3) is 2.80. The zero-order chi connectivity index (χ0) is 13.1. The van der Waals surface area contributed by atoms with Gasteiger partial charge in [0, 0.05) is 31.4 Å². The minimum absolute atomic E-state index is 0.242. The van der Waals surface area contributed by atoms with E-state index in [2.05, 4.69) is 23.2 Å². The van der Waals surface area contributed by atoms with Gasteiger partial charge in [-0.25, -0.2) is 0 Å². The van der Waals surface area contributed by atoms with Crippen molar-refractivity contribution in [1.29, 1.82) is 0 Å². The molecule has 0 N–H and O–H groups in total. The summed E-state index contributed by atoms with van der Waals surface area (Å²) in [4.78, 5) is 16.3. The molecule has 0 saturated carbocycles. The van der Waals surface area contributed by atoms with E-state index in [4.69, 9.17) is 0 Å². The quantitative estimate of drug-likeness (QED) is 0.830. The van der Waals surface area contributed by atoms with E-state index >= 15 is 0 Å². The van der Waals surface area contributed by atoms with Gasteiger partial charge in [0.2, 0.25) is 5.91 Å². The number of hydrogen-bond acceptors (Lipinski definition) is 2. The first-order valence-electron chi connectivity index (χ1n) is 7.12. The fraction of sp³-hybridized carbons (Fsp3) is 0.438. The summed E-state index contributed by atoms with van der Waals surface area (Å²) in [5.41, 5.74) is 2.53. The lowest BCUT2D eigenvalue weighted by Crippen LogP contribution is -2.32. The molecule has 2 heterocycles. The molecule has 1 saturated heterocycles. The molecule has 100 valence electrons. The number of likely N-dealkylation sites (tertiary alicyclic amines) is 1. The number of amides is 1. The molecule has 3 heteroatoms. The third-order valence-corrected chi connectivity index (χ3v) is 3.93. The molecule has 1 aromatic carbocycles. The maximum atomic E-state index is 12.0. The van der Waals surface area contributed by atoms with E-state index in [0.717, 1.165) is 19.5 Å². The van der Waals surface area contributed by atoms with Gasteiger partial charge < -0.3 is 9.80 Å². The van der Waals surface area contributed by atoms with Crippen LogP contribution in [0.4, 0.5) is 0 Å². The third-order valence-electron chi connectivity index (χ3n) is 3.93. The van der Waals surface area contributed by atoms with Gasteiger partial charge in [-0.05, 0) is 24.8 Å². The van der Waals surface area contributed by atoms with Crippen LogP contribution in [0.5, 0.6) is 0 Å². The Kier molecular flexibility index (Phi) is 3.53. The van der Waals surface area contributed by atoms with Crippen molar-refractivity contribution in [2.75, 3.05) is 13.1 Å². The Morgan fingerprint density at radius 3 is 2.47 bits per heavy atom. The second-order valence-electron chi connectivity index (χ2n) is 5.32. The Morgan fingerprint density at radius 2 is 1.74 bits per heavy atom. The molecule has 1 fully saturated rings. The van der Waals surface area contributed by atoms with Crippen LogP contribution in [0.25, 0.3) is 0 Å². The number of hydrogen-bond donors (Lipinski definition) is 0. The summed E-state index contributed by atoms with van der Waals surface area (Å²) in [7, 11) is 0. The topological polar surface area (TPSA) is 23.6 Å². The highest BCUT2D eigenvalue weighted by atomic mass is 16.2. The molecule has 0 unspecified atom stereocenters. The van der Waals surface area contributed by atoms with Crippen molar-refractivity contribution in [1.82, 2.24) is 9.80 Å². The summed E-state index contributed by atoms with van der Waals surface area (Å²) in [6, 6.07) is 10.2. The zero-order valence-corrected chi connectivity index (χ0v) is 11.2. The highest BCUT2D eigenvalue weighted by molar-refractivity contribution is 5.78. The fourth-order valence-corrected chi connectivity index (χ4v) is 2.85. The lowest BCUT2D eigenvalue weighted by atomic mass is 10.1. The smallest absolute Gasteiger partial charge is 0.227 e. The molecule has 0 atom stereocenters. The molecular formula is C16H20N2O. The van der Waals surface area contributed by atoms with Crippen molar-refractivity contribution in [3.05, 3.63) is 47.8 Å². The van der Waals surface area contributed by atoms with Crippen molar-refractivity contribution in [2.24, 2.45) is 0 Å². The van der Waals surface area contributed by atoms with Crippen molar-refractivity contribution in [3.63, 3.8) is 0 Å². The fourth-order valence-electron chi connectivity index (χ4n) is 2.85. The van der Waals surface area contributed by atoms with Crippen LogP contribution in [0.3, 0.4) is 0 Å². The summed E-state index contributed by atoms with van der Waals surface area (Å²) >= 11 is 0. The second kappa shape index (κ2) is 5.47. The maximum absolute atomic E-state index is 12.0. The summed E-state index contributed by atoms with van der Waals surface area (Å²) in [6.45, 7) is 3.00. The van der Waals surface area contributed by atoms with Crippen LogP contribution < -0.4 is 0 Å². The second-order valence-corrected chi connectivity index (χ2v) is 5.32. The standard InChI is InChI=1S/C16H20N2O/c19-16-9-8-15(17-10-4-5-11-17)13-18(16)12-14-6-2-1-3-7-14/h1-3,6-7,13H,4-5,8-12H2. The summed E-state index contributed by atoms with van der Waals surface area (Å²) in [5, 5.41) is 0. The molecule has 0 aromatic heterocycles. The van der Waals surface area contributed by atoms with Gasteiger partial charge in [-0.2, -0.15) is 0 Å². The van der Waals surface area contributed by atoms with Gasteiger partial charge in [-0.15, -0.1) is 0 Å². The summed E-state index contributed by atoms with van der Waals surface area (Å²) < 4.78 is 0. The average Bonchev–Trinajstić information content (AvgIpc) is 2.96. The van der Waals surface area contributed by atoms with Crippen LogP contribution in [0.2, 0.25) is 0 Å². The number of carbonyl (C=O) groups excluding carboxylic acids is 1. The van der Waals surface area contributed by atoms with Gasteiger partial charge in [-0.3, -0.25) is 4.79 Å². The first-order chi connectivity index (χ1) is 9.33. The Bertz CT molecular complexity index is 475. The molecular weight excluding hydrogens is 236 g/mol. The number of carbonyl (C=O) groups is 1. The minimum atomic E-state index is 0.242. The lowest BCUT2D eigenvalue weighted by molar-refractivity contribution is -0.130. The van der Waals surface area contributed by atoms with Gasteiger partial charge in [0.25, 0.3) is 0 Å². The van der Waals surface area contributed by atoms with Crippen molar-refractivity contribution < 1.29 is 4.79 Å². The normalized spacial score (nSPS) is 19.8. The Labute approximate surface area is 114 Å². The van der Waals surface area contributed by atoms with Crippen molar-refractivity contribution in [3.8, 4) is 0 Å². The summed E-state index contributed by atoms with van der Waals surface area (Å²) in [5.74, 6) is 0.242. The van der Waals surface area contributed by atoms with Crippen LogP contribution in [-0.2, 0) is 11.3 Å². The SMILES string of the molecule is O=C1CCC(N2CCCC2)=CN1Cc1ccccc1. The van der Waals surface area contributed by atoms with Crippen molar-refractivity contribution in [2.45, 2.75) is 32.2 Å². The molecule has 1 amide bonds. The molecule has 3 nitrogen and oxygen atoms in total. The van der Waals surface area contributed by atoms with E-state index in [-0.39, 0.29) is 5.91 Å². The lowest BCUT2D eigenvalue weighted by Gasteiger charge is -2.30. The van der Waals surface area contributed by atoms with Crippen LogP contribution in [0, 0.1) is 0 Å². The van der Waals surface area contributed by atoms with Gasteiger partial charge in [-0.1, -0.05) is 30.3 Å². The molecule has 2 aliphatic heterocycles. The van der Waals surface area contributed by atoms with Gasteiger partial charge in [0.15, 0.2) is 0 Å². The Morgan fingerprint density at radius 1 is 1.00 bits per heavy atom.